The molecule has 0 spiro atoms. The number of hydrogen-bond donors (Lipinski definition) is 0. The van der Waals surface area contributed by atoms with Gasteiger partial charge in [-0.3, -0.25) is 14.3 Å². The molecule has 0 saturated carbocycles. The van der Waals surface area contributed by atoms with E-state index in [1.54, 1.807) is 12.1 Å². The number of thioether (sulfide) groups is 1. The molecule has 8 heteroatoms. The first-order chi connectivity index (χ1) is 13.7. The number of ether oxygens (including phenoxy) is 1. The average molecular weight is 421 g/mol. The summed E-state index contributed by atoms with van der Waals surface area (Å²) in [6.07, 6.45) is 3.61. The third-order valence-electron chi connectivity index (χ3n) is 4.79. The minimum Gasteiger partial charge on any atom is -0.459 e. The summed E-state index contributed by atoms with van der Waals surface area (Å²) in [5, 5.41) is 9.39. The minimum atomic E-state index is -0.532. The van der Waals surface area contributed by atoms with Gasteiger partial charge in [-0.1, -0.05) is 18.2 Å². The second kappa shape index (κ2) is 9.26. The number of carbonyl (C=O) groups is 1. The monoisotopic (exact) mass is 420 g/mol. The van der Waals surface area contributed by atoms with Gasteiger partial charge in [0, 0.05) is 5.69 Å². The van der Waals surface area contributed by atoms with Gasteiger partial charge >= 0.3 is 5.97 Å². The number of benzene rings is 1. The largest absolute Gasteiger partial charge is 0.459 e. The van der Waals surface area contributed by atoms with Crippen LogP contribution in [0.4, 0.5) is 4.39 Å². The van der Waals surface area contributed by atoms with Crippen molar-refractivity contribution in [2.75, 3.05) is 18.8 Å². The predicted molar refractivity (Wildman–Crippen MR) is 112 cm³/mol. The second-order valence-corrected chi connectivity index (χ2v) is 9.24. The van der Waals surface area contributed by atoms with Gasteiger partial charge in [0.05, 0.1) is 11.8 Å². The van der Waals surface area contributed by atoms with Crippen molar-refractivity contribution in [3.63, 3.8) is 0 Å². The lowest BCUT2D eigenvalue weighted by Gasteiger charge is -2.31. The number of aromatic nitrogens is 3. The molecule has 0 bridgehead atoms. The van der Waals surface area contributed by atoms with Crippen LogP contribution in [0.1, 0.15) is 58.8 Å². The van der Waals surface area contributed by atoms with Crippen LogP contribution in [-0.4, -0.2) is 50.1 Å². The van der Waals surface area contributed by atoms with Crippen molar-refractivity contribution < 1.29 is 13.9 Å². The molecule has 0 N–H and O–H groups in total. The third-order valence-corrected chi connectivity index (χ3v) is 5.70. The van der Waals surface area contributed by atoms with Crippen LogP contribution in [0, 0.1) is 5.82 Å². The Balaban J connectivity index is 1.86. The van der Waals surface area contributed by atoms with Crippen molar-refractivity contribution >= 4 is 17.7 Å². The van der Waals surface area contributed by atoms with E-state index in [4.69, 9.17) is 4.74 Å². The standard InChI is InChI=1S/C21H29FN4O2S/c1-15(25-12-6-5-7-13-25)19-23-24-20(29-14-18(27)28-21(2,3)4)26(19)17-10-8-16(22)9-11-17/h8-11,15H,5-7,12-14H2,1-4H3. The average Bonchev–Trinajstić information content (AvgIpc) is 3.09. The first-order valence-corrected chi connectivity index (χ1v) is 11.0. The second-order valence-electron chi connectivity index (χ2n) is 8.30. The Hall–Kier alpha value is -1.93. The van der Waals surface area contributed by atoms with Crippen molar-refractivity contribution in [2.45, 2.75) is 63.8 Å². The van der Waals surface area contributed by atoms with Gasteiger partial charge < -0.3 is 4.74 Å². The molecular weight excluding hydrogens is 391 g/mol. The highest BCUT2D eigenvalue weighted by Crippen LogP contribution is 2.29. The highest BCUT2D eigenvalue weighted by atomic mass is 32.2. The molecular formula is C21H29FN4O2S. The highest BCUT2D eigenvalue weighted by molar-refractivity contribution is 7.99. The van der Waals surface area contributed by atoms with E-state index in [0.29, 0.717) is 5.16 Å². The summed E-state index contributed by atoms with van der Waals surface area (Å²) in [5.74, 6) is 0.330. The van der Waals surface area contributed by atoms with Crippen LogP contribution in [0.15, 0.2) is 29.4 Å². The molecule has 158 valence electrons. The van der Waals surface area contributed by atoms with Crippen molar-refractivity contribution in [1.82, 2.24) is 19.7 Å². The summed E-state index contributed by atoms with van der Waals surface area (Å²) < 4.78 is 20.8. The zero-order valence-corrected chi connectivity index (χ0v) is 18.3. The van der Waals surface area contributed by atoms with Gasteiger partial charge in [0.25, 0.3) is 0 Å². The zero-order valence-electron chi connectivity index (χ0n) is 17.5. The zero-order chi connectivity index (χ0) is 21.0. The summed E-state index contributed by atoms with van der Waals surface area (Å²) >= 11 is 1.28. The van der Waals surface area contributed by atoms with E-state index in [2.05, 4.69) is 22.0 Å². The summed E-state index contributed by atoms with van der Waals surface area (Å²) in [6, 6.07) is 6.34. The molecule has 1 saturated heterocycles. The SMILES string of the molecule is CC(c1nnc(SCC(=O)OC(C)(C)C)n1-c1ccc(F)cc1)N1CCCCC1. The number of esters is 1. The molecule has 0 aliphatic carbocycles. The topological polar surface area (TPSA) is 60.2 Å². The van der Waals surface area contributed by atoms with Crippen molar-refractivity contribution in [2.24, 2.45) is 0 Å². The van der Waals surface area contributed by atoms with Crippen molar-refractivity contribution in [3.05, 3.63) is 35.9 Å². The van der Waals surface area contributed by atoms with Crippen LogP contribution >= 0.6 is 11.8 Å². The van der Waals surface area contributed by atoms with E-state index in [1.165, 1.54) is 43.2 Å². The maximum absolute atomic E-state index is 13.5. The number of hydrogen-bond acceptors (Lipinski definition) is 6. The maximum atomic E-state index is 13.5. The molecule has 0 radical (unpaired) electrons. The molecule has 3 rings (SSSR count). The predicted octanol–water partition coefficient (Wildman–Crippen LogP) is 4.39. The fourth-order valence-electron chi connectivity index (χ4n) is 3.44. The number of piperidine rings is 1. The lowest BCUT2D eigenvalue weighted by Crippen LogP contribution is -2.33. The summed E-state index contributed by atoms with van der Waals surface area (Å²) in [6.45, 7) is 9.70. The minimum absolute atomic E-state index is 0.0729. The van der Waals surface area contributed by atoms with Crippen molar-refractivity contribution in [1.29, 1.82) is 0 Å². The molecule has 1 aromatic heterocycles. The van der Waals surface area contributed by atoms with Gasteiger partial charge in [-0.05, 0) is 77.9 Å². The van der Waals surface area contributed by atoms with Crippen LogP contribution in [0.3, 0.4) is 0 Å². The molecule has 1 unspecified atom stereocenters. The molecule has 1 fully saturated rings. The molecule has 1 aromatic carbocycles. The van der Waals surface area contributed by atoms with E-state index in [9.17, 15) is 9.18 Å². The number of halogens is 1. The Morgan fingerprint density at radius 2 is 1.83 bits per heavy atom. The molecule has 2 heterocycles. The van der Waals surface area contributed by atoms with Crippen LogP contribution < -0.4 is 0 Å². The van der Waals surface area contributed by atoms with E-state index in [-0.39, 0.29) is 23.6 Å². The lowest BCUT2D eigenvalue weighted by molar-refractivity contribution is -0.151. The van der Waals surface area contributed by atoms with E-state index < -0.39 is 5.60 Å². The molecule has 0 amide bonds. The van der Waals surface area contributed by atoms with Gasteiger partial charge in [-0.15, -0.1) is 10.2 Å². The Morgan fingerprint density at radius 3 is 2.45 bits per heavy atom. The van der Waals surface area contributed by atoms with E-state index in [0.717, 1.165) is 24.6 Å². The quantitative estimate of drug-likeness (QED) is 0.510. The smallest absolute Gasteiger partial charge is 0.316 e. The Morgan fingerprint density at radius 1 is 1.17 bits per heavy atom. The molecule has 2 aromatic rings. The molecule has 1 aliphatic rings. The summed E-state index contributed by atoms with van der Waals surface area (Å²) in [4.78, 5) is 14.6. The van der Waals surface area contributed by atoms with Gasteiger partial charge in [-0.2, -0.15) is 0 Å². The highest BCUT2D eigenvalue weighted by Gasteiger charge is 2.26. The number of carbonyl (C=O) groups excluding carboxylic acids is 1. The van der Waals surface area contributed by atoms with Crippen LogP contribution in [0.5, 0.6) is 0 Å². The fourth-order valence-corrected chi connectivity index (χ4v) is 4.17. The number of likely N-dealkylation sites (tertiary alicyclic amines) is 1. The lowest BCUT2D eigenvalue weighted by atomic mass is 10.1. The first-order valence-electron chi connectivity index (χ1n) is 10.0. The third kappa shape index (κ3) is 5.79. The first kappa shape index (κ1) is 21.8. The molecule has 1 aliphatic heterocycles. The van der Waals surface area contributed by atoms with Gasteiger partial charge in [0.1, 0.15) is 11.4 Å². The van der Waals surface area contributed by atoms with Crippen LogP contribution in [0.2, 0.25) is 0 Å². The summed E-state index contributed by atoms with van der Waals surface area (Å²) in [7, 11) is 0. The normalized spacial score (nSPS) is 16.6. The van der Waals surface area contributed by atoms with E-state index in [1.807, 2.05) is 25.3 Å². The number of rotatable bonds is 6. The number of nitrogens with zero attached hydrogens (tertiary/aromatic N) is 4. The fraction of sp³-hybridized carbons (Fsp3) is 0.571. The van der Waals surface area contributed by atoms with Gasteiger partial charge in [-0.25, -0.2) is 4.39 Å². The molecule has 6 nitrogen and oxygen atoms in total. The van der Waals surface area contributed by atoms with Gasteiger partial charge in [0.15, 0.2) is 11.0 Å². The summed E-state index contributed by atoms with van der Waals surface area (Å²) in [5.41, 5.74) is 0.248. The maximum Gasteiger partial charge on any atom is 0.316 e. The van der Waals surface area contributed by atoms with Gasteiger partial charge in [0.2, 0.25) is 0 Å². The van der Waals surface area contributed by atoms with E-state index >= 15 is 0 Å². The molecule has 1 atom stereocenters. The Labute approximate surface area is 175 Å². The molecule has 29 heavy (non-hydrogen) atoms. The Bertz CT molecular complexity index is 826. The van der Waals surface area contributed by atoms with Crippen LogP contribution in [0.25, 0.3) is 5.69 Å². The van der Waals surface area contributed by atoms with Crippen molar-refractivity contribution in [3.8, 4) is 5.69 Å². The Kier molecular flexibility index (Phi) is 6.95. The van der Waals surface area contributed by atoms with Crippen LogP contribution in [-0.2, 0) is 9.53 Å².